The molecule has 0 radical (unpaired) electrons. The lowest BCUT2D eigenvalue weighted by atomic mass is 9.90. The van der Waals surface area contributed by atoms with E-state index in [1.165, 1.54) is 0 Å². The molecule has 0 saturated carbocycles. The Bertz CT molecular complexity index is 1100. The minimum absolute atomic E-state index is 0.00322. The normalized spacial score (nSPS) is 17.9. The number of aliphatic hydroxyl groups is 1. The number of nitrogens with zero attached hydrogens (tertiary/aromatic N) is 4. The molecule has 2 aromatic rings. The second-order valence-electron chi connectivity index (χ2n) is 8.97. The second kappa shape index (κ2) is 7.77. The Labute approximate surface area is 178 Å². The van der Waals surface area contributed by atoms with Crippen molar-refractivity contribution >= 4 is 22.3 Å². The van der Waals surface area contributed by atoms with Gasteiger partial charge in [-0.05, 0) is 63.1 Å². The first-order valence-corrected chi connectivity index (χ1v) is 11.7. The Morgan fingerprint density at radius 3 is 2.77 bits per heavy atom. The highest BCUT2D eigenvalue weighted by Crippen LogP contribution is 2.44. The molecule has 2 heterocycles. The predicted molar refractivity (Wildman–Crippen MR) is 115 cm³/mol. The average Bonchev–Trinajstić information content (AvgIpc) is 3.39. The van der Waals surface area contributed by atoms with Gasteiger partial charge in [-0.1, -0.05) is 13.8 Å². The Hall–Kier alpha value is -2.26. The number of fused-ring (bicyclic) bond motifs is 2. The highest BCUT2D eigenvalue weighted by molar-refractivity contribution is 7.75. The Morgan fingerprint density at radius 2 is 2.10 bits per heavy atom. The van der Waals surface area contributed by atoms with E-state index in [1.807, 2.05) is 13.8 Å². The van der Waals surface area contributed by atoms with E-state index < -0.39 is 16.6 Å². The van der Waals surface area contributed by atoms with Crippen LogP contribution in [0.25, 0.3) is 0 Å². The molecule has 9 heteroatoms. The zero-order valence-electron chi connectivity index (χ0n) is 17.9. The van der Waals surface area contributed by atoms with Gasteiger partial charge in [0.2, 0.25) is 0 Å². The summed E-state index contributed by atoms with van der Waals surface area (Å²) in [6.07, 6.45) is 4.68. The van der Waals surface area contributed by atoms with Gasteiger partial charge >= 0.3 is 6.03 Å². The van der Waals surface area contributed by atoms with E-state index in [2.05, 4.69) is 28.6 Å². The van der Waals surface area contributed by atoms with E-state index in [1.54, 1.807) is 10.7 Å². The van der Waals surface area contributed by atoms with Gasteiger partial charge in [-0.15, -0.1) is 4.36 Å². The molecule has 2 amide bonds. The minimum atomic E-state index is -2.36. The summed E-state index contributed by atoms with van der Waals surface area (Å²) >= 11 is 0. The molecule has 0 aromatic carbocycles. The van der Waals surface area contributed by atoms with E-state index in [0.717, 1.165) is 60.3 Å². The molecular weight excluding hydrogens is 402 g/mol. The lowest BCUT2D eigenvalue weighted by Crippen LogP contribution is -2.17. The van der Waals surface area contributed by atoms with Crippen molar-refractivity contribution in [3.63, 3.8) is 0 Å². The Balaban J connectivity index is 1.65. The summed E-state index contributed by atoms with van der Waals surface area (Å²) in [4.78, 5) is 17.6. The molecular formula is C21H29N5O3S. The van der Waals surface area contributed by atoms with Crippen LogP contribution in [0, 0.1) is 0 Å². The zero-order chi connectivity index (χ0) is 21.6. The fourth-order valence-electron chi connectivity index (χ4n) is 4.48. The molecule has 0 saturated heterocycles. The van der Waals surface area contributed by atoms with Gasteiger partial charge in [0.05, 0.1) is 34.3 Å². The first-order chi connectivity index (χ1) is 14.2. The summed E-state index contributed by atoms with van der Waals surface area (Å²) in [6.45, 7) is 7.98. The van der Waals surface area contributed by atoms with Crippen LogP contribution in [-0.4, -0.2) is 30.1 Å². The molecule has 2 aliphatic rings. The number of aliphatic hydroxyl groups excluding tert-OH is 1. The van der Waals surface area contributed by atoms with Gasteiger partial charge < -0.3 is 10.4 Å². The second-order valence-corrected chi connectivity index (χ2v) is 10.2. The third-order valence-corrected chi connectivity index (χ3v) is 7.00. The molecule has 4 rings (SSSR count). The largest absolute Gasteiger partial charge is 0.390 e. The fourth-order valence-corrected chi connectivity index (χ4v) is 5.23. The van der Waals surface area contributed by atoms with Gasteiger partial charge in [0.15, 0.2) is 5.03 Å². The van der Waals surface area contributed by atoms with E-state index in [9.17, 15) is 14.1 Å². The monoisotopic (exact) mass is 431 g/mol. The predicted octanol–water partition coefficient (Wildman–Crippen LogP) is 3.32. The lowest BCUT2D eigenvalue weighted by Gasteiger charge is -2.20. The van der Waals surface area contributed by atoms with Gasteiger partial charge in [-0.3, -0.25) is 9.67 Å². The average molecular weight is 432 g/mol. The summed E-state index contributed by atoms with van der Waals surface area (Å²) in [5, 5.41) is 16.9. The number of thiol groups is 1. The van der Waals surface area contributed by atoms with Crippen LogP contribution in [0.1, 0.15) is 74.8 Å². The zero-order valence-corrected chi connectivity index (χ0v) is 18.8. The summed E-state index contributed by atoms with van der Waals surface area (Å²) < 4.78 is 18.1. The number of aromatic nitrogens is 3. The van der Waals surface area contributed by atoms with Gasteiger partial charge in [0.1, 0.15) is 0 Å². The van der Waals surface area contributed by atoms with Gasteiger partial charge in [-0.2, -0.15) is 5.10 Å². The number of hydrogen-bond acceptors (Lipinski definition) is 5. The van der Waals surface area contributed by atoms with Crippen LogP contribution in [0.4, 0.5) is 10.5 Å². The molecule has 2 N–H and O–H groups in total. The molecule has 0 aliphatic heterocycles. The summed E-state index contributed by atoms with van der Waals surface area (Å²) in [6, 6.07) is 0.913. The number of carbonyl (C=O) groups excluding carboxylic acids is 1. The van der Waals surface area contributed by atoms with E-state index in [0.29, 0.717) is 5.69 Å². The fraction of sp³-hybridized carbons (Fsp3) is 0.571. The van der Waals surface area contributed by atoms with Crippen LogP contribution in [0.2, 0.25) is 0 Å². The summed E-state index contributed by atoms with van der Waals surface area (Å²) in [7, 11) is -2.36. The standard InChI is InChI=1S/C21H29N5O3S/c1-12(2)26-13(11-27)10-17(24-26)30(29)25-20(28)23-18-14-6-5-7-16(14)22-19-15(18)8-9-21(19,3)4/h10,12,27,30H,5-9,11H2,1-4H3,(H,22,23,28). The van der Waals surface area contributed by atoms with Crippen LogP contribution in [0.15, 0.2) is 15.5 Å². The third-order valence-electron chi connectivity index (χ3n) is 6.03. The van der Waals surface area contributed by atoms with Gasteiger partial charge in [-0.25, -0.2) is 9.00 Å². The minimum Gasteiger partial charge on any atom is -0.390 e. The number of rotatable bonds is 4. The van der Waals surface area contributed by atoms with Gasteiger partial charge in [0.25, 0.3) is 0 Å². The number of carbonyl (C=O) groups is 1. The first-order valence-electron chi connectivity index (χ1n) is 10.5. The molecule has 8 nitrogen and oxygen atoms in total. The summed E-state index contributed by atoms with van der Waals surface area (Å²) in [5.41, 5.74) is 5.66. The molecule has 0 fully saturated rings. The van der Waals surface area contributed by atoms with Crippen molar-refractivity contribution in [3.05, 3.63) is 34.3 Å². The van der Waals surface area contributed by atoms with Crippen molar-refractivity contribution in [1.29, 1.82) is 0 Å². The van der Waals surface area contributed by atoms with Gasteiger partial charge in [0, 0.05) is 17.2 Å². The number of pyridine rings is 1. The molecule has 162 valence electrons. The van der Waals surface area contributed by atoms with E-state index >= 15 is 0 Å². The SMILES string of the molecule is CC(C)n1nc(/[SH](=O)=N/C(=O)Nc2c3c(nc4c2CCC4(C)C)CCC3)cc1CO. The van der Waals surface area contributed by atoms with Crippen LogP contribution >= 0.6 is 0 Å². The van der Waals surface area contributed by atoms with E-state index in [-0.39, 0.29) is 23.1 Å². The number of urea groups is 1. The topological polar surface area (TPSA) is 109 Å². The maximum Gasteiger partial charge on any atom is 0.353 e. The van der Waals surface area contributed by atoms with Crippen molar-refractivity contribution in [2.45, 2.75) is 82.9 Å². The first kappa shape index (κ1) is 21.0. The molecule has 1 unspecified atom stereocenters. The lowest BCUT2D eigenvalue weighted by molar-refractivity contribution is 0.260. The molecule has 2 aromatic heterocycles. The van der Waals surface area contributed by atoms with Crippen molar-refractivity contribution in [2.24, 2.45) is 4.36 Å². The molecule has 2 aliphatic carbocycles. The van der Waals surface area contributed by atoms with Crippen LogP contribution < -0.4 is 5.32 Å². The number of anilines is 1. The smallest absolute Gasteiger partial charge is 0.353 e. The number of nitrogens with one attached hydrogen (secondary N) is 1. The third kappa shape index (κ3) is 3.65. The number of hydrogen-bond donors (Lipinski definition) is 3. The quantitative estimate of drug-likeness (QED) is 0.644. The molecule has 0 bridgehead atoms. The summed E-state index contributed by atoms with van der Waals surface area (Å²) in [5.74, 6) is 0. The molecule has 0 spiro atoms. The Morgan fingerprint density at radius 1 is 1.33 bits per heavy atom. The maximum atomic E-state index is 12.7. The Kier molecular flexibility index (Phi) is 5.44. The highest BCUT2D eigenvalue weighted by Gasteiger charge is 2.36. The van der Waals surface area contributed by atoms with E-state index in [4.69, 9.17) is 4.98 Å². The van der Waals surface area contributed by atoms with Crippen LogP contribution in [-0.2, 0) is 41.9 Å². The highest BCUT2D eigenvalue weighted by atomic mass is 32.2. The maximum absolute atomic E-state index is 12.7. The number of aryl methyl sites for hydroxylation is 1. The molecule has 1 atom stereocenters. The number of amides is 2. The van der Waals surface area contributed by atoms with Crippen molar-refractivity contribution in [3.8, 4) is 0 Å². The van der Waals surface area contributed by atoms with Crippen molar-refractivity contribution in [1.82, 2.24) is 14.8 Å². The molecule has 30 heavy (non-hydrogen) atoms. The van der Waals surface area contributed by atoms with Crippen LogP contribution in [0.3, 0.4) is 0 Å². The van der Waals surface area contributed by atoms with Crippen molar-refractivity contribution < 1.29 is 14.1 Å². The van der Waals surface area contributed by atoms with Crippen molar-refractivity contribution in [2.75, 3.05) is 5.32 Å². The van der Waals surface area contributed by atoms with Crippen LogP contribution in [0.5, 0.6) is 0 Å².